The number of likely N-dealkylation sites (N-methyl/N-ethyl adjacent to an activating group) is 3. The van der Waals surface area contributed by atoms with Gasteiger partial charge in [-0.25, -0.2) is 24.5 Å². The molecule has 0 aliphatic carbocycles. The second kappa shape index (κ2) is 33.3. The summed E-state index contributed by atoms with van der Waals surface area (Å²) in [4.78, 5) is 86.1. The summed E-state index contributed by atoms with van der Waals surface area (Å²) >= 11 is 25.1. The third-order valence-corrected chi connectivity index (χ3v) is 23.7. The summed E-state index contributed by atoms with van der Waals surface area (Å²) in [5.41, 5.74) is 17.0. The molecule has 25 heteroatoms. The van der Waals surface area contributed by atoms with Gasteiger partial charge in [0.05, 0.1) is 81.0 Å². The monoisotopic (exact) mass is 1670 g/mol. The molecule has 4 aliphatic rings. The summed E-state index contributed by atoms with van der Waals surface area (Å²) in [7, 11) is 5.01. The van der Waals surface area contributed by atoms with Crippen molar-refractivity contribution in [1.29, 1.82) is 0 Å². The number of hydrogen-bond acceptors (Lipinski definition) is 17. The minimum atomic E-state index is -0.945. The predicted octanol–water partition coefficient (Wildman–Crippen LogP) is 20.1. The van der Waals surface area contributed by atoms with Gasteiger partial charge in [0.2, 0.25) is 17.7 Å². The van der Waals surface area contributed by atoms with Crippen LogP contribution in [0.4, 0.5) is 17.1 Å². The molecule has 11 aromatic rings. The van der Waals surface area contributed by atoms with Crippen LogP contribution in [-0.4, -0.2) is 113 Å². The Morgan fingerprint density at radius 2 is 0.955 bits per heavy atom. The number of carbonyl (C=O) groups excluding carboxylic acids is 5. The number of esters is 2. The minimum Gasteiger partial charge on any atom is -0.464 e. The molecule has 112 heavy (non-hydrogen) atoms. The van der Waals surface area contributed by atoms with Gasteiger partial charge in [-0.1, -0.05) is 105 Å². The van der Waals surface area contributed by atoms with E-state index in [-0.39, 0.29) is 42.1 Å². The first-order valence-electron chi connectivity index (χ1n) is 36.8. The van der Waals surface area contributed by atoms with Gasteiger partial charge in [-0.05, 0) is 226 Å². The van der Waals surface area contributed by atoms with E-state index in [1.165, 1.54) is 11.3 Å². The number of fused-ring (bicyclic) bond motifs is 5. The molecule has 3 amide bonds. The summed E-state index contributed by atoms with van der Waals surface area (Å²) in [6.45, 7) is 27.7. The Bertz CT molecular complexity index is 5460. The van der Waals surface area contributed by atoms with Gasteiger partial charge >= 0.3 is 19.1 Å². The molecule has 0 N–H and O–H groups in total. The van der Waals surface area contributed by atoms with Crippen LogP contribution < -0.4 is 20.2 Å². The lowest BCUT2D eigenvalue weighted by atomic mass is 9.75. The maximum Gasteiger partial charge on any atom is 0.495 e. The standard InChI is InChI=1S/C36H34ClN3O4S.C27H26Cl2N2O3S.C15H20BNO3.C9H8BrNO/c1-7-43-35(42)32(44-36(3,4)5)30-20(2)17-27-33(31(30)21-11-13-23(37)14-12-21)45-34(39-27)22-15-16-38-26(18-22)24-9-8-10-28-25(24)19-29(41)40(28)6;1-6-33-26(32)23(34-27(3,4)5)21-15(2)13-19-24(22(21)16-7-9-18(28)10-8-16)35-25(31-19)17-11-12-30-20(29)14-17;1-14(2)15(3,4)20-16(19-14)11-7-6-8-12-10(11)9-13(18)17(12)5;1-11-8-4-2-3-7(10)6(8)5-9(11)12/h8-18,32H,7,19H2,1-6H3;7-14,23H,6H2,1-5H3;6-8H,9H2,1-5H3;2-4H,5H2,1H3/t32-;23-;;/m00../s1. The Hall–Kier alpha value is -8.78. The average molecular weight is 1670 g/mol. The largest absolute Gasteiger partial charge is 0.495 e. The maximum atomic E-state index is 13.5. The van der Waals surface area contributed by atoms with Crippen molar-refractivity contribution in [2.24, 2.45) is 0 Å². The number of aromatic nitrogens is 4. The lowest BCUT2D eigenvalue weighted by Crippen LogP contribution is -2.41. The van der Waals surface area contributed by atoms with Gasteiger partial charge < -0.3 is 43.0 Å². The minimum absolute atomic E-state index is 0.0669. The number of aryl methyl sites for hydroxylation is 2. The van der Waals surface area contributed by atoms with Crippen LogP contribution in [0, 0.1) is 13.8 Å². The Kier molecular flexibility index (Phi) is 24.6. The SMILES string of the molecule is CCOC(=O)[C@@H](OC(C)(C)C)c1c(C)cc2nc(-c3ccnc(-c4cccc5c4CC(=O)N5C)c3)sc2c1-c1ccc(Cl)cc1.CCOC(=O)[C@@H](OC(C)(C)C)c1c(C)cc2nc(-c3ccnc(Cl)c3)sc2c1-c1ccc(Cl)cc1.CN1C(=O)Cc2c(B3OC(C)(C)C(C)(C)O3)cccc21.CN1C(=O)Cc2c(Br)cccc21. The summed E-state index contributed by atoms with van der Waals surface area (Å²) in [5, 5.41) is 3.26. The zero-order valence-electron chi connectivity index (χ0n) is 65.7. The van der Waals surface area contributed by atoms with Crippen molar-refractivity contribution < 1.29 is 52.2 Å². The average Bonchev–Trinajstić information content (AvgIpc) is 1.54. The lowest BCUT2D eigenvalue weighted by molar-refractivity contribution is -0.167. The van der Waals surface area contributed by atoms with Crippen LogP contribution in [0.1, 0.15) is 134 Å². The first-order chi connectivity index (χ1) is 52.9. The summed E-state index contributed by atoms with van der Waals surface area (Å²) in [5.74, 6) is -0.517. The van der Waals surface area contributed by atoms with E-state index in [9.17, 15) is 24.0 Å². The topological polar surface area (TPSA) is 202 Å². The van der Waals surface area contributed by atoms with Crippen molar-refractivity contribution >= 4 is 153 Å². The predicted molar refractivity (Wildman–Crippen MR) is 455 cm³/mol. The molecule has 15 rings (SSSR count). The first-order valence-corrected chi connectivity index (χ1v) is 40.3. The highest BCUT2D eigenvalue weighted by atomic mass is 79.9. The van der Waals surface area contributed by atoms with Crippen molar-refractivity contribution in [3.05, 3.63) is 211 Å². The molecular formula is C87H88BBrCl3N7O11S2. The van der Waals surface area contributed by atoms with E-state index in [0.717, 1.165) is 141 Å². The van der Waals surface area contributed by atoms with Crippen LogP contribution >= 0.6 is 73.4 Å². The van der Waals surface area contributed by atoms with E-state index in [2.05, 4.69) is 25.9 Å². The molecule has 8 heterocycles. The van der Waals surface area contributed by atoms with Gasteiger partial charge in [-0.2, -0.15) is 0 Å². The van der Waals surface area contributed by atoms with E-state index in [0.29, 0.717) is 34.5 Å². The highest BCUT2D eigenvalue weighted by Crippen LogP contribution is 2.49. The lowest BCUT2D eigenvalue weighted by Gasteiger charge is -2.32. The molecule has 1 fully saturated rings. The number of pyridine rings is 2. The molecule has 0 saturated carbocycles. The number of nitrogens with zero attached hydrogens (tertiary/aromatic N) is 7. The number of halogens is 4. The fourth-order valence-electron chi connectivity index (χ4n) is 13.8. The van der Waals surface area contributed by atoms with Crippen LogP contribution in [-0.2, 0) is 71.5 Å². The molecule has 0 bridgehead atoms. The van der Waals surface area contributed by atoms with E-state index in [4.69, 9.17) is 73.0 Å². The van der Waals surface area contributed by atoms with Crippen molar-refractivity contribution in [2.45, 2.75) is 151 Å². The molecule has 580 valence electrons. The van der Waals surface area contributed by atoms with Crippen molar-refractivity contribution in [1.82, 2.24) is 19.9 Å². The quantitative estimate of drug-likeness (QED) is 0.0565. The van der Waals surface area contributed by atoms with Crippen molar-refractivity contribution in [3.8, 4) is 54.7 Å². The third kappa shape index (κ3) is 17.6. The van der Waals surface area contributed by atoms with Crippen LogP contribution in [0.25, 0.3) is 75.1 Å². The second-order valence-corrected chi connectivity index (χ2v) is 34.7. The summed E-state index contributed by atoms with van der Waals surface area (Å²) in [6, 6.07) is 44.5. The second-order valence-electron chi connectivity index (χ2n) is 30.6. The third-order valence-electron chi connectivity index (χ3n) is 20.0. The maximum absolute atomic E-state index is 13.5. The molecule has 4 aromatic heterocycles. The number of anilines is 3. The fourth-order valence-corrected chi connectivity index (χ4v) is 17.0. The van der Waals surface area contributed by atoms with E-state index in [1.54, 1.807) is 72.4 Å². The van der Waals surface area contributed by atoms with E-state index >= 15 is 0 Å². The van der Waals surface area contributed by atoms with E-state index in [1.807, 2.05) is 224 Å². The Morgan fingerprint density at radius 3 is 1.40 bits per heavy atom. The summed E-state index contributed by atoms with van der Waals surface area (Å²) < 4.78 is 38.8. The van der Waals surface area contributed by atoms with Crippen LogP contribution in [0.15, 0.2) is 156 Å². The first kappa shape index (κ1) is 82.7. The molecule has 0 radical (unpaired) electrons. The van der Waals surface area contributed by atoms with Gasteiger partial charge in [0.1, 0.15) is 15.2 Å². The Balaban J connectivity index is 0.000000152. The van der Waals surface area contributed by atoms with Gasteiger partial charge in [-0.15, -0.1) is 22.7 Å². The van der Waals surface area contributed by atoms with Crippen LogP contribution in [0.5, 0.6) is 0 Å². The van der Waals surface area contributed by atoms with Gasteiger partial charge in [0.15, 0.2) is 12.2 Å². The van der Waals surface area contributed by atoms with Gasteiger partial charge in [0, 0.05) is 104 Å². The van der Waals surface area contributed by atoms with E-state index < -0.39 is 42.5 Å². The highest BCUT2D eigenvalue weighted by molar-refractivity contribution is 9.10. The van der Waals surface area contributed by atoms with Crippen LogP contribution in [0.3, 0.4) is 0 Å². The number of benzene rings is 7. The molecule has 2 atom stereocenters. The molecule has 18 nitrogen and oxygen atoms in total. The molecule has 0 spiro atoms. The number of rotatable bonds is 14. The number of ether oxygens (including phenoxy) is 4. The molecular weight excluding hydrogens is 1580 g/mol. The summed E-state index contributed by atoms with van der Waals surface area (Å²) in [6.07, 6.45) is 2.87. The van der Waals surface area contributed by atoms with Crippen molar-refractivity contribution in [3.63, 3.8) is 0 Å². The van der Waals surface area contributed by atoms with Crippen LogP contribution in [0.2, 0.25) is 15.2 Å². The molecule has 0 unspecified atom stereocenters. The number of thiazole rings is 2. The van der Waals surface area contributed by atoms with Gasteiger partial charge in [0.25, 0.3) is 0 Å². The normalized spacial score (nSPS) is 15.3. The fraction of sp³-hybridized carbons (Fsp3) is 0.322. The number of hydrogen-bond donors (Lipinski definition) is 0. The van der Waals surface area contributed by atoms with Crippen molar-refractivity contribution in [2.75, 3.05) is 49.1 Å². The van der Waals surface area contributed by atoms with Gasteiger partial charge in [-0.3, -0.25) is 19.4 Å². The highest BCUT2D eigenvalue weighted by Gasteiger charge is 2.53. The number of carbonyl (C=O) groups is 5. The Morgan fingerprint density at radius 1 is 0.545 bits per heavy atom. The number of amides is 3. The Labute approximate surface area is 685 Å². The zero-order valence-corrected chi connectivity index (χ0v) is 71.1. The molecule has 7 aromatic carbocycles. The smallest absolute Gasteiger partial charge is 0.464 e. The molecule has 1 saturated heterocycles. The molecule has 4 aliphatic heterocycles. The zero-order chi connectivity index (χ0) is 80.8.